The van der Waals surface area contributed by atoms with Crippen LogP contribution in [0.2, 0.25) is 0 Å². The van der Waals surface area contributed by atoms with Crippen molar-refractivity contribution >= 4 is 28.1 Å². The summed E-state index contributed by atoms with van der Waals surface area (Å²) in [6.45, 7) is 0.604. The Labute approximate surface area is 202 Å². The highest BCUT2D eigenvalue weighted by atomic mass is 19.1. The van der Waals surface area contributed by atoms with E-state index < -0.39 is 0 Å². The number of nitrogen functional groups attached to an aromatic ring is 1. The summed E-state index contributed by atoms with van der Waals surface area (Å²) < 4.78 is 15.0. The lowest BCUT2D eigenvalue weighted by Gasteiger charge is -2.10. The van der Waals surface area contributed by atoms with Crippen LogP contribution in [-0.4, -0.2) is 20.9 Å². The highest BCUT2D eigenvalue weighted by Crippen LogP contribution is 2.27. The lowest BCUT2D eigenvalue weighted by atomic mass is 10.0. The molecule has 0 atom stereocenters. The van der Waals surface area contributed by atoms with Crippen molar-refractivity contribution in [3.05, 3.63) is 108 Å². The molecule has 3 N–H and O–H groups in total. The number of carbonyl (C=O) groups excluding carboxylic acids is 1. The fourth-order valence-electron chi connectivity index (χ4n) is 4.08. The third-order valence-electron chi connectivity index (χ3n) is 5.91. The van der Waals surface area contributed by atoms with Gasteiger partial charge in [0, 0.05) is 19.0 Å². The smallest absolute Gasteiger partial charge is 0.224 e. The summed E-state index contributed by atoms with van der Waals surface area (Å²) in [6, 6.07) is 26.0. The Morgan fingerprint density at radius 2 is 1.71 bits per heavy atom. The number of hydrogen-bond donors (Lipinski definition) is 2. The summed E-state index contributed by atoms with van der Waals surface area (Å²) in [5.41, 5.74) is 10.6. The van der Waals surface area contributed by atoms with E-state index in [0.717, 1.165) is 22.4 Å². The van der Waals surface area contributed by atoms with E-state index in [0.29, 0.717) is 24.3 Å². The van der Waals surface area contributed by atoms with Gasteiger partial charge in [0.05, 0.1) is 23.6 Å². The van der Waals surface area contributed by atoms with Crippen LogP contribution >= 0.6 is 0 Å². The molecule has 1 heterocycles. The molecule has 1 aromatic heterocycles. The quantitative estimate of drug-likeness (QED) is 0.314. The van der Waals surface area contributed by atoms with Crippen LogP contribution in [0.5, 0.6) is 0 Å². The third-order valence-corrected chi connectivity index (χ3v) is 5.91. The van der Waals surface area contributed by atoms with E-state index in [2.05, 4.69) is 39.9 Å². The van der Waals surface area contributed by atoms with Crippen LogP contribution in [0.15, 0.2) is 91.1 Å². The second-order valence-electron chi connectivity index (χ2n) is 8.40. The van der Waals surface area contributed by atoms with Crippen LogP contribution in [-0.2, 0) is 17.8 Å². The number of aryl methyl sites for hydroxylation is 1. The van der Waals surface area contributed by atoms with Crippen LogP contribution in [0.3, 0.4) is 0 Å². The fraction of sp³-hybridized carbons (Fsp3) is 0.107. The first-order valence-corrected chi connectivity index (χ1v) is 11.4. The van der Waals surface area contributed by atoms with Gasteiger partial charge in [-0.1, -0.05) is 65.9 Å². The predicted molar refractivity (Wildman–Crippen MR) is 136 cm³/mol. The SMILES string of the molecule is Nc1ccc(-c2ccc(F)cc2)cc1NC(=O)CCc1cn(Cc2cccc3ccccc23)nn1. The van der Waals surface area contributed by atoms with Crippen molar-refractivity contribution in [1.82, 2.24) is 15.0 Å². The lowest BCUT2D eigenvalue weighted by Crippen LogP contribution is -2.13. The fourth-order valence-corrected chi connectivity index (χ4v) is 4.08. The van der Waals surface area contributed by atoms with Gasteiger partial charge < -0.3 is 11.1 Å². The van der Waals surface area contributed by atoms with Gasteiger partial charge in [-0.15, -0.1) is 5.10 Å². The number of rotatable bonds is 7. The van der Waals surface area contributed by atoms with Gasteiger partial charge in [-0.2, -0.15) is 0 Å². The van der Waals surface area contributed by atoms with Gasteiger partial charge in [-0.25, -0.2) is 9.07 Å². The summed E-state index contributed by atoms with van der Waals surface area (Å²) in [5.74, 6) is -0.469. The number of hydrogen-bond acceptors (Lipinski definition) is 4. The normalized spacial score (nSPS) is 11.0. The van der Waals surface area contributed by atoms with Crippen LogP contribution < -0.4 is 11.1 Å². The summed E-state index contributed by atoms with van der Waals surface area (Å²) in [5, 5.41) is 13.7. The second-order valence-corrected chi connectivity index (χ2v) is 8.40. The standard InChI is InChI=1S/C28H24FN5O/c29-23-11-8-19(9-12-23)21-10-14-26(30)27(16-21)31-28(35)15-13-24-18-34(33-32-24)17-22-6-3-5-20-4-1-2-7-25(20)22/h1-12,14,16,18H,13,15,17,30H2,(H,31,35). The maximum Gasteiger partial charge on any atom is 0.224 e. The lowest BCUT2D eigenvalue weighted by molar-refractivity contribution is -0.116. The van der Waals surface area contributed by atoms with Gasteiger partial charge in [0.2, 0.25) is 5.91 Å². The molecule has 174 valence electrons. The monoisotopic (exact) mass is 465 g/mol. The summed E-state index contributed by atoms with van der Waals surface area (Å²) in [4.78, 5) is 12.6. The zero-order chi connectivity index (χ0) is 24.2. The van der Waals surface area contributed by atoms with Gasteiger partial charge in [-0.05, 0) is 51.7 Å². The molecule has 0 spiro atoms. The first kappa shape index (κ1) is 22.3. The van der Waals surface area contributed by atoms with Crippen molar-refractivity contribution < 1.29 is 9.18 Å². The molecule has 0 aliphatic rings. The topological polar surface area (TPSA) is 85.8 Å². The molecule has 0 aliphatic carbocycles. The number of carbonyl (C=O) groups is 1. The van der Waals surface area contributed by atoms with Crippen LogP contribution in [0.1, 0.15) is 17.7 Å². The number of nitrogens with zero attached hydrogens (tertiary/aromatic N) is 3. The maximum absolute atomic E-state index is 13.2. The Bertz CT molecular complexity index is 1490. The first-order chi connectivity index (χ1) is 17.0. The van der Waals surface area contributed by atoms with Crippen molar-refractivity contribution in [2.24, 2.45) is 0 Å². The maximum atomic E-state index is 13.2. The zero-order valence-corrected chi connectivity index (χ0v) is 19.0. The number of anilines is 2. The highest BCUT2D eigenvalue weighted by molar-refractivity contribution is 5.95. The van der Waals surface area contributed by atoms with Crippen molar-refractivity contribution in [2.45, 2.75) is 19.4 Å². The summed E-state index contributed by atoms with van der Waals surface area (Å²) in [7, 11) is 0. The minimum atomic E-state index is -0.299. The number of aromatic nitrogens is 3. The molecule has 0 unspecified atom stereocenters. The Morgan fingerprint density at radius 1 is 0.943 bits per heavy atom. The number of nitrogens with one attached hydrogen (secondary N) is 1. The number of halogens is 1. The minimum absolute atomic E-state index is 0.170. The molecule has 0 fully saturated rings. The van der Waals surface area contributed by atoms with Crippen LogP contribution in [0, 0.1) is 5.82 Å². The predicted octanol–water partition coefficient (Wildman–Crippen LogP) is 5.44. The molecule has 4 aromatic carbocycles. The van der Waals surface area contributed by atoms with E-state index in [4.69, 9.17) is 5.73 Å². The average molecular weight is 466 g/mol. The van der Waals surface area contributed by atoms with E-state index in [9.17, 15) is 9.18 Å². The molecule has 0 saturated carbocycles. The molecule has 35 heavy (non-hydrogen) atoms. The largest absolute Gasteiger partial charge is 0.397 e. The van der Waals surface area contributed by atoms with Crippen molar-refractivity contribution in [3.8, 4) is 11.1 Å². The number of amides is 1. The second kappa shape index (κ2) is 9.77. The molecule has 0 aliphatic heterocycles. The van der Waals surface area contributed by atoms with E-state index >= 15 is 0 Å². The van der Waals surface area contributed by atoms with Crippen molar-refractivity contribution in [1.29, 1.82) is 0 Å². The summed E-state index contributed by atoms with van der Waals surface area (Å²) >= 11 is 0. The molecule has 5 aromatic rings. The Hall–Kier alpha value is -4.52. The van der Waals surface area contributed by atoms with Gasteiger partial charge in [-0.3, -0.25) is 4.79 Å². The van der Waals surface area contributed by atoms with Gasteiger partial charge in [0.15, 0.2) is 0 Å². The Morgan fingerprint density at radius 3 is 2.57 bits per heavy atom. The molecular formula is C28H24FN5O. The van der Waals surface area contributed by atoms with Crippen LogP contribution in [0.25, 0.3) is 21.9 Å². The van der Waals surface area contributed by atoms with E-state index in [-0.39, 0.29) is 18.1 Å². The number of nitrogens with two attached hydrogens (primary N) is 1. The average Bonchev–Trinajstić information content (AvgIpc) is 3.32. The molecule has 0 radical (unpaired) electrons. The minimum Gasteiger partial charge on any atom is -0.397 e. The molecule has 5 rings (SSSR count). The Kier molecular flexibility index (Phi) is 6.22. The highest BCUT2D eigenvalue weighted by Gasteiger charge is 2.10. The Balaban J connectivity index is 1.21. The van der Waals surface area contributed by atoms with E-state index in [1.165, 1.54) is 22.9 Å². The van der Waals surface area contributed by atoms with Crippen molar-refractivity contribution in [2.75, 3.05) is 11.1 Å². The molecular weight excluding hydrogens is 441 g/mol. The molecule has 1 amide bonds. The molecule has 0 saturated heterocycles. The first-order valence-electron chi connectivity index (χ1n) is 11.4. The summed E-state index contributed by atoms with van der Waals surface area (Å²) in [6.07, 6.45) is 2.57. The van der Waals surface area contributed by atoms with E-state index in [1.54, 1.807) is 28.9 Å². The molecule has 6 nitrogen and oxygen atoms in total. The number of fused-ring (bicyclic) bond motifs is 1. The van der Waals surface area contributed by atoms with Crippen molar-refractivity contribution in [3.63, 3.8) is 0 Å². The number of benzene rings is 4. The zero-order valence-electron chi connectivity index (χ0n) is 19.0. The van der Waals surface area contributed by atoms with Gasteiger partial charge in [0.25, 0.3) is 0 Å². The molecule has 0 bridgehead atoms. The van der Waals surface area contributed by atoms with E-state index in [1.807, 2.05) is 30.5 Å². The third kappa shape index (κ3) is 5.19. The van der Waals surface area contributed by atoms with Gasteiger partial charge in [0.1, 0.15) is 5.82 Å². The molecule has 7 heteroatoms. The van der Waals surface area contributed by atoms with Crippen LogP contribution in [0.4, 0.5) is 15.8 Å². The van der Waals surface area contributed by atoms with Gasteiger partial charge >= 0.3 is 0 Å².